The van der Waals surface area contributed by atoms with Gasteiger partial charge in [0, 0.05) is 0 Å². The lowest BCUT2D eigenvalue weighted by molar-refractivity contribution is 0.168. The fourth-order valence-electron chi connectivity index (χ4n) is 5.86. The smallest absolute Gasteiger partial charge is 0.0324 e. The van der Waals surface area contributed by atoms with E-state index in [0.29, 0.717) is 0 Å². The first-order chi connectivity index (χ1) is 6.93. The predicted molar refractivity (Wildman–Crippen MR) is 57.9 cm³/mol. The Morgan fingerprint density at radius 1 is 0.571 bits per heavy atom. The molecule has 0 nitrogen and oxygen atoms in total. The van der Waals surface area contributed by atoms with E-state index in [1.807, 2.05) is 0 Å². The Balaban J connectivity index is 1.65. The Labute approximate surface area is 87.5 Å². The highest BCUT2D eigenvalue weighted by Gasteiger charge is 2.56. The van der Waals surface area contributed by atoms with Gasteiger partial charge in [0.1, 0.15) is 0 Å². The summed E-state index contributed by atoms with van der Waals surface area (Å²) in [6.07, 6.45) is 12.8. The van der Waals surface area contributed by atoms with Gasteiger partial charge in [0.25, 0.3) is 0 Å². The highest BCUT2D eigenvalue weighted by molar-refractivity contribution is 5.05. The lowest BCUT2D eigenvalue weighted by Gasteiger charge is -2.32. The molecule has 4 aliphatic carbocycles. The molecular weight excluding hydrogens is 168 g/mol. The molecule has 14 heavy (non-hydrogen) atoms. The van der Waals surface area contributed by atoms with Gasteiger partial charge >= 0.3 is 0 Å². The van der Waals surface area contributed by atoms with Crippen LogP contribution in [-0.4, -0.2) is 0 Å². The summed E-state index contributed by atoms with van der Waals surface area (Å²) in [6, 6.07) is 0. The van der Waals surface area contributed by atoms with Crippen molar-refractivity contribution in [3.05, 3.63) is 0 Å². The van der Waals surface area contributed by atoms with E-state index in [9.17, 15) is 0 Å². The minimum Gasteiger partial charge on any atom is -0.0530 e. The minimum atomic E-state index is 1.18. The number of hydrogen-bond donors (Lipinski definition) is 0. The summed E-state index contributed by atoms with van der Waals surface area (Å²) < 4.78 is 0. The van der Waals surface area contributed by atoms with Gasteiger partial charge in [0.15, 0.2) is 0 Å². The van der Waals surface area contributed by atoms with Gasteiger partial charge in [-0.3, -0.25) is 0 Å². The monoisotopic (exact) mass is 190 g/mol. The van der Waals surface area contributed by atoms with E-state index in [0.717, 1.165) is 0 Å². The first kappa shape index (κ1) is 8.19. The van der Waals surface area contributed by atoms with E-state index in [1.54, 1.807) is 51.4 Å². The van der Waals surface area contributed by atoms with Gasteiger partial charge in [-0.1, -0.05) is 19.3 Å². The van der Waals surface area contributed by atoms with Crippen LogP contribution >= 0.6 is 0 Å². The van der Waals surface area contributed by atoms with Crippen LogP contribution in [0, 0.1) is 35.5 Å². The van der Waals surface area contributed by atoms with Crippen molar-refractivity contribution in [2.24, 2.45) is 35.5 Å². The minimum absolute atomic E-state index is 1.18. The molecular formula is C14H22. The molecule has 0 unspecified atom stereocenters. The van der Waals surface area contributed by atoms with Crippen LogP contribution in [0.4, 0.5) is 0 Å². The third-order valence-corrected chi connectivity index (χ3v) is 6.20. The number of rotatable bonds is 0. The van der Waals surface area contributed by atoms with Crippen molar-refractivity contribution in [3.63, 3.8) is 0 Å². The zero-order valence-corrected chi connectivity index (χ0v) is 9.12. The second-order valence-electron chi connectivity index (χ2n) is 6.52. The van der Waals surface area contributed by atoms with Crippen LogP contribution in [-0.2, 0) is 0 Å². The van der Waals surface area contributed by atoms with Crippen molar-refractivity contribution in [2.45, 2.75) is 51.4 Å². The molecule has 0 spiro atoms. The molecule has 4 aliphatic rings. The molecule has 78 valence electrons. The van der Waals surface area contributed by atoms with E-state index < -0.39 is 0 Å². The maximum atomic E-state index is 1.65. The average molecular weight is 190 g/mol. The van der Waals surface area contributed by atoms with Crippen LogP contribution in [0.25, 0.3) is 0 Å². The average Bonchev–Trinajstić information content (AvgIpc) is 2.88. The molecule has 0 aromatic carbocycles. The van der Waals surface area contributed by atoms with Gasteiger partial charge in [-0.25, -0.2) is 0 Å². The van der Waals surface area contributed by atoms with Crippen LogP contribution in [0.15, 0.2) is 0 Å². The maximum Gasteiger partial charge on any atom is -0.0324 e. The van der Waals surface area contributed by atoms with Crippen LogP contribution in [0.1, 0.15) is 51.4 Å². The topological polar surface area (TPSA) is 0 Å². The molecule has 4 rings (SSSR count). The van der Waals surface area contributed by atoms with E-state index in [-0.39, 0.29) is 0 Å². The Kier molecular flexibility index (Phi) is 1.62. The molecule has 0 radical (unpaired) electrons. The van der Waals surface area contributed by atoms with Crippen LogP contribution < -0.4 is 0 Å². The van der Waals surface area contributed by atoms with Crippen LogP contribution in [0.5, 0.6) is 0 Å². The Hall–Kier alpha value is 0. The lowest BCUT2D eigenvalue weighted by Crippen LogP contribution is -2.25. The summed E-state index contributed by atoms with van der Waals surface area (Å²) >= 11 is 0. The highest BCUT2D eigenvalue weighted by atomic mass is 14.6. The zero-order chi connectivity index (χ0) is 9.12. The fourth-order valence-corrected chi connectivity index (χ4v) is 5.86. The van der Waals surface area contributed by atoms with E-state index in [1.165, 1.54) is 35.5 Å². The third-order valence-electron chi connectivity index (χ3n) is 6.20. The van der Waals surface area contributed by atoms with Gasteiger partial charge in [0.2, 0.25) is 0 Å². The van der Waals surface area contributed by atoms with Crippen LogP contribution in [0.3, 0.4) is 0 Å². The van der Waals surface area contributed by atoms with E-state index in [4.69, 9.17) is 0 Å². The summed E-state index contributed by atoms with van der Waals surface area (Å²) in [5, 5.41) is 0. The molecule has 0 aromatic heterocycles. The molecule has 4 saturated carbocycles. The molecule has 4 fully saturated rings. The van der Waals surface area contributed by atoms with Crippen LogP contribution in [0.2, 0.25) is 0 Å². The normalized spacial score (nSPS) is 60.0. The predicted octanol–water partition coefficient (Wildman–Crippen LogP) is 3.86. The quantitative estimate of drug-likeness (QED) is 0.544. The largest absolute Gasteiger partial charge is 0.0530 e. The van der Waals surface area contributed by atoms with Gasteiger partial charge in [-0.15, -0.1) is 0 Å². The van der Waals surface area contributed by atoms with Gasteiger partial charge in [-0.05, 0) is 67.6 Å². The Bertz CT molecular complexity index is 244. The SMILES string of the molecule is C1CC[C@@H]2[C@H](C1)C[C@@H]1[C@H]3CC[C@H](C3)[C@H]21. The molecule has 0 amide bonds. The summed E-state index contributed by atoms with van der Waals surface area (Å²) in [5.41, 5.74) is 0. The van der Waals surface area contributed by atoms with Crippen molar-refractivity contribution in [2.75, 3.05) is 0 Å². The molecule has 0 N–H and O–H groups in total. The fraction of sp³-hybridized carbons (Fsp3) is 1.00. The first-order valence-corrected chi connectivity index (χ1v) is 6.93. The molecule has 2 bridgehead atoms. The summed E-state index contributed by atoms with van der Waals surface area (Å²) in [4.78, 5) is 0. The van der Waals surface area contributed by atoms with Crippen molar-refractivity contribution in [1.29, 1.82) is 0 Å². The van der Waals surface area contributed by atoms with Gasteiger partial charge in [0.05, 0.1) is 0 Å². The van der Waals surface area contributed by atoms with Crippen molar-refractivity contribution in [1.82, 2.24) is 0 Å². The van der Waals surface area contributed by atoms with Crippen molar-refractivity contribution in [3.8, 4) is 0 Å². The lowest BCUT2D eigenvalue weighted by atomic mass is 9.73. The molecule has 0 saturated heterocycles. The summed E-state index contributed by atoms with van der Waals surface area (Å²) in [7, 11) is 0. The van der Waals surface area contributed by atoms with E-state index in [2.05, 4.69) is 0 Å². The highest BCUT2D eigenvalue weighted by Crippen LogP contribution is 2.64. The summed E-state index contributed by atoms with van der Waals surface area (Å²) in [6.45, 7) is 0. The number of fused-ring (bicyclic) bond motifs is 7. The maximum absolute atomic E-state index is 1.65. The molecule has 0 aliphatic heterocycles. The summed E-state index contributed by atoms with van der Waals surface area (Å²) in [5.74, 6) is 7.20. The first-order valence-electron chi connectivity index (χ1n) is 6.93. The molecule has 0 heterocycles. The second kappa shape index (κ2) is 2.77. The Morgan fingerprint density at radius 3 is 2.36 bits per heavy atom. The van der Waals surface area contributed by atoms with Gasteiger partial charge in [-0.2, -0.15) is 0 Å². The molecule has 0 heteroatoms. The standard InChI is InChI=1S/C14H22/c1-2-4-12-9(3-1)8-13-10-5-6-11(7-10)14(12)13/h9-14H,1-8H2/t9-,10+,11-,12-,13-,14-/m1/s1. The van der Waals surface area contributed by atoms with Crippen molar-refractivity contribution < 1.29 is 0 Å². The third kappa shape index (κ3) is 0.907. The van der Waals surface area contributed by atoms with Crippen molar-refractivity contribution >= 4 is 0 Å². The molecule has 6 atom stereocenters. The van der Waals surface area contributed by atoms with Gasteiger partial charge < -0.3 is 0 Å². The molecule has 0 aromatic rings. The Morgan fingerprint density at radius 2 is 1.36 bits per heavy atom. The zero-order valence-electron chi connectivity index (χ0n) is 9.12. The number of hydrogen-bond acceptors (Lipinski definition) is 0. The second-order valence-corrected chi connectivity index (χ2v) is 6.52. The van der Waals surface area contributed by atoms with E-state index >= 15 is 0 Å².